The van der Waals surface area contributed by atoms with Gasteiger partial charge in [0.05, 0.1) is 0 Å². The summed E-state index contributed by atoms with van der Waals surface area (Å²) in [7, 11) is 0. The predicted octanol–water partition coefficient (Wildman–Crippen LogP) is 4.37. The molecule has 0 aromatic heterocycles. The average molecular weight is 374 g/mol. The molecular weight excluding hydrogens is 350 g/mol. The third-order valence-corrected chi connectivity index (χ3v) is 4.38. The van der Waals surface area contributed by atoms with Gasteiger partial charge in [-0.1, -0.05) is 36.4 Å². The molecular formula is C21H24F2N2O2. The molecule has 0 fully saturated rings. The number of benzene rings is 2. The van der Waals surface area contributed by atoms with Gasteiger partial charge in [-0.2, -0.15) is 0 Å². The van der Waals surface area contributed by atoms with E-state index in [-0.39, 0.29) is 6.04 Å². The zero-order valence-corrected chi connectivity index (χ0v) is 15.9. The van der Waals surface area contributed by atoms with Crippen LogP contribution in [0.4, 0.5) is 14.5 Å². The Morgan fingerprint density at radius 1 is 1.00 bits per heavy atom. The molecule has 2 rings (SSSR count). The van der Waals surface area contributed by atoms with Crippen molar-refractivity contribution in [1.29, 1.82) is 0 Å². The number of rotatable bonds is 6. The summed E-state index contributed by atoms with van der Waals surface area (Å²) in [6, 6.07) is 12.5. The van der Waals surface area contributed by atoms with E-state index >= 15 is 0 Å². The Morgan fingerprint density at radius 2 is 1.56 bits per heavy atom. The first-order valence-electron chi connectivity index (χ1n) is 8.75. The highest BCUT2D eigenvalue weighted by atomic mass is 19.1. The molecule has 0 saturated heterocycles. The Labute approximate surface area is 158 Å². The van der Waals surface area contributed by atoms with Crippen LogP contribution < -0.4 is 5.32 Å². The topological polar surface area (TPSA) is 49.4 Å². The van der Waals surface area contributed by atoms with Gasteiger partial charge in [-0.05, 0) is 45.4 Å². The second-order valence-electron chi connectivity index (χ2n) is 7.19. The summed E-state index contributed by atoms with van der Waals surface area (Å²) >= 11 is 0. The maximum Gasteiger partial charge on any atom is 0.239 e. The molecule has 6 heteroatoms. The highest BCUT2D eigenvalue weighted by molar-refractivity contribution is 6.10. The summed E-state index contributed by atoms with van der Waals surface area (Å²) in [5, 5.41) is 2.22. The van der Waals surface area contributed by atoms with E-state index < -0.39 is 34.6 Å². The quantitative estimate of drug-likeness (QED) is 0.764. The molecule has 27 heavy (non-hydrogen) atoms. The number of hydrogen-bond donors (Lipinski definition) is 1. The van der Waals surface area contributed by atoms with Crippen molar-refractivity contribution in [3.05, 3.63) is 65.7 Å². The lowest BCUT2D eigenvalue weighted by atomic mass is 9.89. The van der Waals surface area contributed by atoms with Crippen LogP contribution in [0.2, 0.25) is 0 Å². The van der Waals surface area contributed by atoms with Crippen molar-refractivity contribution in [2.24, 2.45) is 5.41 Å². The van der Waals surface area contributed by atoms with Gasteiger partial charge < -0.3 is 10.2 Å². The molecule has 0 heterocycles. The van der Waals surface area contributed by atoms with Crippen LogP contribution in [0.25, 0.3) is 0 Å². The molecule has 0 aliphatic carbocycles. The average Bonchev–Trinajstić information content (AvgIpc) is 2.62. The number of halogens is 2. The minimum atomic E-state index is -1.51. The number of nitrogens with zero attached hydrogens (tertiary/aromatic N) is 1. The molecule has 0 radical (unpaired) electrons. The van der Waals surface area contributed by atoms with E-state index in [4.69, 9.17) is 0 Å². The minimum Gasteiger partial charge on any atom is -0.335 e. The van der Waals surface area contributed by atoms with Gasteiger partial charge >= 0.3 is 0 Å². The fraction of sp³-hybridized carbons (Fsp3) is 0.333. The van der Waals surface area contributed by atoms with Crippen molar-refractivity contribution in [3.8, 4) is 0 Å². The van der Waals surface area contributed by atoms with Crippen molar-refractivity contribution in [1.82, 2.24) is 4.90 Å². The maximum absolute atomic E-state index is 13.8. The van der Waals surface area contributed by atoms with E-state index in [0.29, 0.717) is 6.54 Å². The summed E-state index contributed by atoms with van der Waals surface area (Å²) in [5.41, 5.74) is -1.13. The van der Waals surface area contributed by atoms with E-state index in [9.17, 15) is 18.4 Å². The molecule has 4 nitrogen and oxygen atoms in total. The van der Waals surface area contributed by atoms with Crippen LogP contribution in [-0.2, 0) is 16.1 Å². The first-order chi connectivity index (χ1) is 12.6. The second kappa shape index (κ2) is 8.29. The van der Waals surface area contributed by atoms with Gasteiger partial charge in [0.25, 0.3) is 0 Å². The Morgan fingerprint density at radius 3 is 2.07 bits per heavy atom. The molecule has 0 aliphatic heterocycles. The highest BCUT2D eigenvalue weighted by Crippen LogP contribution is 2.26. The molecule has 0 bridgehead atoms. The first kappa shape index (κ1) is 20.6. The van der Waals surface area contributed by atoms with Crippen molar-refractivity contribution in [3.63, 3.8) is 0 Å². The van der Waals surface area contributed by atoms with Gasteiger partial charge in [-0.15, -0.1) is 0 Å². The van der Waals surface area contributed by atoms with Gasteiger partial charge in [0, 0.05) is 12.6 Å². The number of para-hydroxylation sites is 1. The summed E-state index contributed by atoms with van der Waals surface area (Å²) in [6.45, 7) is 6.94. The number of nitrogens with one attached hydrogen (secondary N) is 1. The molecule has 0 saturated carbocycles. The standard InChI is InChI=1S/C21H24F2N2O2/c1-14(2)25(13-15-9-6-5-7-10-15)20(27)21(3,4)19(26)24-18-16(22)11-8-12-17(18)23/h5-12,14H,13H2,1-4H3,(H,24,26). The third kappa shape index (κ3) is 4.70. The number of amides is 2. The maximum atomic E-state index is 13.8. The number of hydrogen-bond acceptors (Lipinski definition) is 2. The number of carbonyl (C=O) groups excluding carboxylic acids is 2. The van der Waals surface area contributed by atoms with Crippen LogP contribution in [0.3, 0.4) is 0 Å². The van der Waals surface area contributed by atoms with Crippen LogP contribution in [-0.4, -0.2) is 22.8 Å². The van der Waals surface area contributed by atoms with Crippen molar-refractivity contribution in [2.45, 2.75) is 40.3 Å². The van der Waals surface area contributed by atoms with Crippen LogP contribution in [0, 0.1) is 17.0 Å². The molecule has 144 valence electrons. The van der Waals surface area contributed by atoms with Crippen molar-refractivity contribution < 1.29 is 18.4 Å². The normalized spacial score (nSPS) is 11.4. The summed E-state index contributed by atoms with van der Waals surface area (Å²) in [4.78, 5) is 27.3. The minimum absolute atomic E-state index is 0.157. The molecule has 1 N–H and O–H groups in total. The summed E-state index contributed by atoms with van der Waals surface area (Å²) in [5.74, 6) is -2.97. The van der Waals surface area contributed by atoms with Crippen LogP contribution in [0.5, 0.6) is 0 Å². The Kier molecular flexibility index (Phi) is 6.31. The van der Waals surface area contributed by atoms with E-state index in [2.05, 4.69) is 5.32 Å². The van der Waals surface area contributed by atoms with E-state index in [1.165, 1.54) is 19.9 Å². The number of anilines is 1. The lowest BCUT2D eigenvalue weighted by Crippen LogP contribution is -2.49. The van der Waals surface area contributed by atoms with Gasteiger partial charge in [0.1, 0.15) is 22.7 Å². The third-order valence-electron chi connectivity index (χ3n) is 4.38. The smallest absolute Gasteiger partial charge is 0.239 e. The van der Waals surface area contributed by atoms with Crippen molar-refractivity contribution in [2.75, 3.05) is 5.32 Å². The van der Waals surface area contributed by atoms with Crippen LogP contribution in [0.1, 0.15) is 33.3 Å². The molecule has 0 atom stereocenters. The Hall–Kier alpha value is -2.76. The summed E-state index contributed by atoms with van der Waals surface area (Å²) in [6.07, 6.45) is 0. The molecule has 2 aromatic rings. The van der Waals surface area contributed by atoms with E-state index in [0.717, 1.165) is 17.7 Å². The summed E-state index contributed by atoms with van der Waals surface area (Å²) < 4.78 is 27.6. The fourth-order valence-electron chi connectivity index (χ4n) is 2.61. The van der Waals surface area contributed by atoms with Gasteiger partial charge in [-0.25, -0.2) is 8.78 Å². The van der Waals surface area contributed by atoms with Gasteiger partial charge in [0.15, 0.2) is 0 Å². The lowest BCUT2D eigenvalue weighted by Gasteiger charge is -2.34. The fourth-order valence-corrected chi connectivity index (χ4v) is 2.61. The lowest BCUT2D eigenvalue weighted by molar-refractivity contribution is -0.148. The number of carbonyl (C=O) groups is 2. The first-order valence-corrected chi connectivity index (χ1v) is 8.75. The van der Waals surface area contributed by atoms with Crippen LogP contribution >= 0.6 is 0 Å². The van der Waals surface area contributed by atoms with E-state index in [1.807, 2.05) is 44.2 Å². The molecule has 0 spiro atoms. The van der Waals surface area contributed by atoms with Crippen LogP contribution in [0.15, 0.2) is 48.5 Å². The Bertz CT molecular complexity index is 800. The second-order valence-corrected chi connectivity index (χ2v) is 7.19. The van der Waals surface area contributed by atoms with E-state index in [1.54, 1.807) is 4.90 Å². The molecule has 2 aromatic carbocycles. The molecule has 0 unspecified atom stereocenters. The predicted molar refractivity (Wildman–Crippen MR) is 101 cm³/mol. The Balaban J connectivity index is 2.23. The molecule has 0 aliphatic rings. The monoisotopic (exact) mass is 374 g/mol. The van der Waals surface area contributed by atoms with Crippen molar-refractivity contribution >= 4 is 17.5 Å². The van der Waals surface area contributed by atoms with Gasteiger partial charge in [0.2, 0.25) is 11.8 Å². The highest BCUT2D eigenvalue weighted by Gasteiger charge is 2.40. The SMILES string of the molecule is CC(C)N(Cc1ccccc1)C(=O)C(C)(C)C(=O)Nc1c(F)cccc1F. The zero-order chi connectivity index (χ0) is 20.2. The molecule has 2 amide bonds. The zero-order valence-electron chi connectivity index (χ0n) is 15.9. The van der Waals surface area contributed by atoms with Gasteiger partial charge in [-0.3, -0.25) is 9.59 Å². The largest absolute Gasteiger partial charge is 0.335 e.